The van der Waals surface area contributed by atoms with Gasteiger partial charge in [0.25, 0.3) is 0 Å². The first-order chi connectivity index (χ1) is 10.4. The van der Waals surface area contributed by atoms with E-state index >= 15 is 0 Å². The van der Waals surface area contributed by atoms with Crippen LogP contribution in [0.25, 0.3) is 0 Å². The molecule has 22 heavy (non-hydrogen) atoms. The van der Waals surface area contributed by atoms with Gasteiger partial charge in [-0.2, -0.15) is 0 Å². The van der Waals surface area contributed by atoms with Gasteiger partial charge in [0.15, 0.2) is 0 Å². The predicted octanol–water partition coefficient (Wildman–Crippen LogP) is 3.97. The topological polar surface area (TPSA) is 55.4 Å². The number of hydrogen-bond acceptors (Lipinski definition) is 4. The number of halogens is 2. The summed E-state index contributed by atoms with van der Waals surface area (Å²) in [4.78, 5) is 0.0239. The fourth-order valence-electron chi connectivity index (χ4n) is 1.83. The Kier molecular flexibility index (Phi) is 6.11. The van der Waals surface area contributed by atoms with Crippen LogP contribution >= 0.6 is 34.5 Å². The van der Waals surface area contributed by atoms with Gasteiger partial charge in [0.2, 0.25) is 10.0 Å². The summed E-state index contributed by atoms with van der Waals surface area (Å²) >= 11 is 12.7. The molecule has 0 aliphatic rings. The van der Waals surface area contributed by atoms with Gasteiger partial charge in [-0.1, -0.05) is 35.3 Å². The molecule has 0 atom stereocenters. The van der Waals surface area contributed by atoms with Gasteiger partial charge >= 0.3 is 0 Å². The average Bonchev–Trinajstić information content (AvgIpc) is 2.81. The van der Waals surface area contributed by atoms with E-state index in [9.17, 15) is 8.42 Å². The molecule has 0 fully saturated rings. The Morgan fingerprint density at radius 1 is 1.23 bits per heavy atom. The van der Waals surface area contributed by atoms with Crippen LogP contribution in [0.15, 0.2) is 35.2 Å². The Morgan fingerprint density at radius 2 is 1.91 bits per heavy atom. The molecule has 0 radical (unpaired) electrons. The predicted molar refractivity (Wildman–Crippen MR) is 90.8 cm³/mol. The molecule has 4 nitrogen and oxygen atoms in total. The van der Waals surface area contributed by atoms with Crippen molar-refractivity contribution in [3.63, 3.8) is 0 Å². The van der Waals surface area contributed by atoms with E-state index in [4.69, 9.17) is 27.9 Å². The molecule has 0 aliphatic carbocycles. The highest BCUT2D eigenvalue weighted by atomic mass is 35.5. The smallest absolute Gasteiger partial charge is 0.242 e. The minimum atomic E-state index is -3.64. The van der Waals surface area contributed by atoms with E-state index in [0.29, 0.717) is 17.4 Å². The van der Waals surface area contributed by atoms with Gasteiger partial charge in [0.1, 0.15) is 15.0 Å². The van der Waals surface area contributed by atoms with E-state index in [1.807, 2.05) is 31.2 Å². The van der Waals surface area contributed by atoms with Crippen molar-refractivity contribution in [3.05, 3.63) is 44.6 Å². The molecule has 8 heteroatoms. The van der Waals surface area contributed by atoms with Crippen molar-refractivity contribution in [2.24, 2.45) is 0 Å². The lowest BCUT2D eigenvalue weighted by molar-refractivity contribution is 0.340. The van der Waals surface area contributed by atoms with E-state index in [-0.39, 0.29) is 15.8 Å². The van der Waals surface area contributed by atoms with Crippen molar-refractivity contribution in [1.82, 2.24) is 4.72 Å². The van der Waals surface area contributed by atoms with Gasteiger partial charge in [-0.05, 0) is 37.1 Å². The molecule has 0 unspecified atom stereocenters. The minimum absolute atomic E-state index is 0.0239. The van der Waals surface area contributed by atoms with Crippen molar-refractivity contribution < 1.29 is 13.2 Å². The fraction of sp³-hybridized carbons (Fsp3) is 0.286. The lowest BCUT2D eigenvalue weighted by Gasteiger charge is -2.07. The molecular formula is C14H15Cl2NO3S2. The lowest BCUT2D eigenvalue weighted by Crippen LogP contribution is -2.25. The number of nitrogens with one attached hydrogen (secondary N) is 1. The van der Waals surface area contributed by atoms with Gasteiger partial charge < -0.3 is 4.74 Å². The lowest BCUT2D eigenvalue weighted by atomic mass is 10.1. The highest BCUT2D eigenvalue weighted by Crippen LogP contribution is 2.34. The van der Waals surface area contributed by atoms with E-state index in [0.717, 1.165) is 22.6 Å². The second kappa shape index (κ2) is 7.66. The number of benzene rings is 1. The summed E-state index contributed by atoms with van der Waals surface area (Å²) in [5.74, 6) is 0.798. The normalized spacial score (nSPS) is 11.6. The Hall–Kier alpha value is -0.790. The first-order valence-electron chi connectivity index (χ1n) is 6.58. The highest BCUT2D eigenvalue weighted by molar-refractivity contribution is 7.89. The van der Waals surface area contributed by atoms with Crippen LogP contribution in [0.1, 0.15) is 12.5 Å². The molecule has 1 aromatic carbocycles. The first kappa shape index (κ1) is 17.6. The molecule has 1 aromatic heterocycles. The number of ether oxygens (including phenoxy) is 1. The molecule has 0 saturated heterocycles. The molecule has 1 heterocycles. The summed E-state index contributed by atoms with van der Waals surface area (Å²) in [7, 11) is -3.64. The zero-order chi connectivity index (χ0) is 16.2. The van der Waals surface area contributed by atoms with Crippen LogP contribution in [0.4, 0.5) is 0 Å². The third-order valence-corrected chi connectivity index (χ3v) is 6.07. The van der Waals surface area contributed by atoms with Crippen LogP contribution in [0.2, 0.25) is 8.67 Å². The second-order valence-electron chi connectivity index (χ2n) is 4.41. The SMILES string of the molecule is CCOc1ccc(CCNS(=O)(=O)c2cc(Cl)sc2Cl)cc1. The summed E-state index contributed by atoms with van der Waals surface area (Å²) in [6.45, 7) is 2.81. The third-order valence-electron chi connectivity index (χ3n) is 2.86. The number of thiophene rings is 1. The first-order valence-corrected chi connectivity index (χ1v) is 9.64. The van der Waals surface area contributed by atoms with Gasteiger partial charge in [-0.25, -0.2) is 13.1 Å². The van der Waals surface area contributed by atoms with Crippen molar-refractivity contribution in [3.8, 4) is 5.75 Å². The maximum Gasteiger partial charge on any atom is 0.242 e. The van der Waals surface area contributed by atoms with Gasteiger partial charge in [-0.3, -0.25) is 0 Å². The molecule has 120 valence electrons. The molecule has 0 spiro atoms. The Labute approximate surface area is 144 Å². The molecule has 2 aromatic rings. The molecule has 0 aliphatic heterocycles. The van der Waals surface area contributed by atoms with Gasteiger partial charge in [-0.15, -0.1) is 11.3 Å². The standard InChI is InChI=1S/C14H15Cl2NO3S2/c1-2-20-11-5-3-10(4-6-11)7-8-17-22(18,19)12-9-13(15)21-14(12)16/h3-6,9,17H,2,7-8H2,1H3. The Bertz CT molecular complexity index is 727. The van der Waals surface area contributed by atoms with Crippen LogP contribution in [-0.2, 0) is 16.4 Å². The van der Waals surface area contributed by atoms with E-state index in [1.165, 1.54) is 6.07 Å². The molecule has 0 amide bonds. The number of rotatable bonds is 7. The Balaban J connectivity index is 1.94. The highest BCUT2D eigenvalue weighted by Gasteiger charge is 2.20. The van der Waals surface area contributed by atoms with Crippen LogP contribution in [-0.4, -0.2) is 21.6 Å². The minimum Gasteiger partial charge on any atom is -0.494 e. The molecule has 0 bridgehead atoms. The van der Waals surface area contributed by atoms with Crippen molar-refractivity contribution in [2.75, 3.05) is 13.2 Å². The van der Waals surface area contributed by atoms with Crippen LogP contribution < -0.4 is 9.46 Å². The van der Waals surface area contributed by atoms with Gasteiger partial charge in [0.05, 0.1) is 10.9 Å². The van der Waals surface area contributed by atoms with E-state index < -0.39 is 10.0 Å². The number of sulfonamides is 1. The maximum atomic E-state index is 12.1. The molecule has 2 rings (SSSR count). The largest absolute Gasteiger partial charge is 0.494 e. The van der Waals surface area contributed by atoms with E-state index in [1.54, 1.807) is 0 Å². The Morgan fingerprint density at radius 3 is 2.45 bits per heavy atom. The molecule has 0 saturated carbocycles. The van der Waals surface area contributed by atoms with Gasteiger partial charge in [0, 0.05) is 6.54 Å². The average molecular weight is 380 g/mol. The third kappa shape index (κ3) is 4.60. The van der Waals surface area contributed by atoms with Crippen LogP contribution in [0.3, 0.4) is 0 Å². The fourth-order valence-corrected chi connectivity index (χ4v) is 5.01. The summed E-state index contributed by atoms with van der Waals surface area (Å²) in [5, 5.41) is 0. The second-order valence-corrected chi connectivity index (χ2v) is 8.43. The summed E-state index contributed by atoms with van der Waals surface area (Å²) in [6, 6.07) is 8.90. The number of hydrogen-bond donors (Lipinski definition) is 1. The molecular weight excluding hydrogens is 365 g/mol. The van der Waals surface area contributed by atoms with Crippen LogP contribution in [0, 0.1) is 0 Å². The quantitative estimate of drug-likeness (QED) is 0.791. The zero-order valence-corrected chi connectivity index (χ0v) is 15.0. The van der Waals surface area contributed by atoms with Crippen molar-refractivity contribution in [2.45, 2.75) is 18.2 Å². The zero-order valence-electron chi connectivity index (χ0n) is 11.8. The van der Waals surface area contributed by atoms with Crippen molar-refractivity contribution >= 4 is 44.6 Å². The molecule has 1 N–H and O–H groups in total. The summed E-state index contributed by atoms with van der Waals surface area (Å²) in [5.41, 5.74) is 1.01. The van der Waals surface area contributed by atoms with E-state index in [2.05, 4.69) is 4.72 Å². The summed E-state index contributed by atoms with van der Waals surface area (Å²) in [6.07, 6.45) is 0.571. The maximum absolute atomic E-state index is 12.1. The van der Waals surface area contributed by atoms with Crippen LogP contribution in [0.5, 0.6) is 5.75 Å². The van der Waals surface area contributed by atoms with Crippen molar-refractivity contribution in [1.29, 1.82) is 0 Å². The summed E-state index contributed by atoms with van der Waals surface area (Å²) < 4.78 is 32.6. The monoisotopic (exact) mass is 379 g/mol.